The molecule has 0 unspecified atom stereocenters. The number of carbonyl (C=O) groups excluding carboxylic acids is 2. The Morgan fingerprint density at radius 3 is 2.40 bits per heavy atom. The van der Waals surface area contributed by atoms with E-state index in [1.54, 1.807) is 0 Å². The minimum absolute atomic E-state index is 0.177. The average molecular weight is 209 g/mol. The van der Waals surface area contributed by atoms with E-state index in [2.05, 4.69) is 4.74 Å². The van der Waals surface area contributed by atoms with Crippen molar-refractivity contribution in [2.24, 2.45) is 5.73 Å². The number of rotatable bonds is 3. The molecule has 0 spiro atoms. The number of methoxy groups -OCH3 is 2. The Kier molecular flexibility index (Phi) is 3.28. The van der Waals surface area contributed by atoms with Gasteiger partial charge in [0, 0.05) is 5.56 Å². The van der Waals surface area contributed by atoms with Gasteiger partial charge in [-0.15, -0.1) is 0 Å². The first-order chi connectivity index (χ1) is 7.10. The van der Waals surface area contributed by atoms with Gasteiger partial charge in [0.1, 0.15) is 11.3 Å². The highest BCUT2D eigenvalue weighted by atomic mass is 16.5. The van der Waals surface area contributed by atoms with Crippen molar-refractivity contribution in [2.75, 3.05) is 14.2 Å². The van der Waals surface area contributed by atoms with Crippen molar-refractivity contribution < 1.29 is 19.1 Å². The summed E-state index contributed by atoms with van der Waals surface area (Å²) in [5.41, 5.74) is 5.49. The van der Waals surface area contributed by atoms with Crippen LogP contribution in [0, 0.1) is 0 Å². The Morgan fingerprint density at radius 2 is 1.93 bits per heavy atom. The van der Waals surface area contributed by atoms with Crippen molar-refractivity contribution in [3.63, 3.8) is 0 Å². The van der Waals surface area contributed by atoms with Crippen molar-refractivity contribution in [2.45, 2.75) is 0 Å². The van der Waals surface area contributed by atoms with Crippen LogP contribution in [-0.2, 0) is 4.74 Å². The summed E-state index contributed by atoms with van der Waals surface area (Å²) in [7, 11) is 2.67. The number of benzene rings is 1. The van der Waals surface area contributed by atoms with E-state index >= 15 is 0 Å². The molecule has 1 amide bonds. The summed E-state index contributed by atoms with van der Waals surface area (Å²) in [6.07, 6.45) is 0. The molecule has 0 heterocycles. The lowest BCUT2D eigenvalue weighted by molar-refractivity contribution is 0.0597. The summed E-state index contributed by atoms with van der Waals surface area (Å²) in [5.74, 6) is -0.843. The van der Waals surface area contributed by atoms with E-state index in [-0.39, 0.29) is 11.1 Å². The molecular weight excluding hydrogens is 198 g/mol. The van der Waals surface area contributed by atoms with Crippen molar-refractivity contribution in [3.05, 3.63) is 29.3 Å². The first-order valence-corrected chi connectivity index (χ1v) is 4.16. The normalized spacial score (nSPS) is 9.47. The number of nitrogens with two attached hydrogens (primary N) is 1. The molecular formula is C10H11NO4. The molecule has 0 atom stereocenters. The maximum Gasteiger partial charge on any atom is 0.341 e. The second-order valence-electron chi connectivity index (χ2n) is 2.77. The van der Waals surface area contributed by atoms with Gasteiger partial charge >= 0.3 is 5.97 Å². The van der Waals surface area contributed by atoms with E-state index < -0.39 is 11.9 Å². The number of hydrogen-bond acceptors (Lipinski definition) is 4. The van der Waals surface area contributed by atoms with Gasteiger partial charge in [0.2, 0.25) is 5.91 Å². The summed E-state index contributed by atoms with van der Waals surface area (Å²) in [5, 5.41) is 0. The highest BCUT2D eigenvalue weighted by molar-refractivity contribution is 5.98. The highest BCUT2D eigenvalue weighted by Crippen LogP contribution is 2.20. The molecule has 0 saturated heterocycles. The fraction of sp³-hybridized carbons (Fsp3) is 0.200. The van der Waals surface area contributed by atoms with Crippen LogP contribution in [-0.4, -0.2) is 26.1 Å². The Labute approximate surface area is 86.8 Å². The lowest BCUT2D eigenvalue weighted by atomic mass is 10.1. The van der Waals surface area contributed by atoms with E-state index in [0.717, 1.165) is 0 Å². The second-order valence-corrected chi connectivity index (χ2v) is 2.77. The SMILES string of the molecule is COC(=O)c1cc(C(N)=O)ccc1OC. The third-order valence-electron chi connectivity index (χ3n) is 1.89. The monoisotopic (exact) mass is 209 g/mol. The summed E-state index contributed by atoms with van der Waals surface area (Å²) in [6, 6.07) is 4.31. The molecule has 5 nitrogen and oxygen atoms in total. The van der Waals surface area contributed by atoms with Gasteiger partial charge in [-0.2, -0.15) is 0 Å². The maximum absolute atomic E-state index is 11.3. The van der Waals surface area contributed by atoms with Gasteiger partial charge in [0.25, 0.3) is 0 Å². The van der Waals surface area contributed by atoms with Gasteiger partial charge in [-0.05, 0) is 18.2 Å². The largest absolute Gasteiger partial charge is 0.496 e. The fourth-order valence-electron chi connectivity index (χ4n) is 1.13. The maximum atomic E-state index is 11.3. The summed E-state index contributed by atoms with van der Waals surface area (Å²) < 4.78 is 9.49. The number of carbonyl (C=O) groups is 2. The van der Waals surface area contributed by atoms with Crippen LogP contribution < -0.4 is 10.5 Å². The van der Waals surface area contributed by atoms with Crippen LogP contribution in [0.25, 0.3) is 0 Å². The third kappa shape index (κ3) is 2.25. The van der Waals surface area contributed by atoms with Gasteiger partial charge in [0.05, 0.1) is 14.2 Å². The fourth-order valence-corrected chi connectivity index (χ4v) is 1.13. The molecule has 80 valence electrons. The van der Waals surface area contributed by atoms with Crippen LogP contribution >= 0.6 is 0 Å². The lowest BCUT2D eigenvalue weighted by Crippen LogP contribution is -2.13. The topological polar surface area (TPSA) is 78.6 Å². The Balaban J connectivity index is 3.25. The molecule has 5 heteroatoms. The Hall–Kier alpha value is -2.04. The molecule has 2 N–H and O–H groups in total. The molecule has 15 heavy (non-hydrogen) atoms. The van der Waals surface area contributed by atoms with Gasteiger partial charge < -0.3 is 15.2 Å². The minimum Gasteiger partial charge on any atom is -0.496 e. The lowest BCUT2D eigenvalue weighted by Gasteiger charge is -2.07. The van der Waals surface area contributed by atoms with E-state index in [4.69, 9.17) is 10.5 Å². The molecule has 1 aromatic carbocycles. The first kappa shape index (κ1) is 11.0. The molecule has 0 saturated carbocycles. The van der Waals surface area contributed by atoms with Crippen LogP contribution in [0.2, 0.25) is 0 Å². The number of ether oxygens (including phenoxy) is 2. The van der Waals surface area contributed by atoms with Crippen molar-refractivity contribution in [1.82, 2.24) is 0 Å². The van der Waals surface area contributed by atoms with Crippen LogP contribution in [0.1, 0.15) is 20.7 Å². The van der Waals surface area contributed by atoms with Crippen LogP contribution in [0.15, 0.2) is 18.2 Å². The smallest absolute Gasteiger partial charge is 0.341 e. The molecule has 0 aliphatic heterocycles. The van der Waals surface area contributed by atoms with Crippen LogP contribution in [0.4, 0.5) is 0 Å². The van der Waals surface area contributed by atoms with Gasteiger partial charge in [-0.1, -0.05) is 0 Å². The molecule has 0 aliphatic rings. The predicted molar refractivity (Wildman–Crippen MR) is 52.9 cm³/mol. The third-order valence-corrected chi connectivity index (χ3v) is 1.89. The van der Waals surface area contributed by atoms with Crippen molar-refractivity contribution in [1.29, 1.82) is 0 Å². The highest BCUT2D eigenvalue weighted by Gasteiger charge is 2.14. The molecule has 0 aliphatic carbocycles. The van der Waals surface area contributed by atoms with Gasteiger partial charge in [-0.3, -0.25) is 4.79 Å². The predicted octanol–water partition coefficient (Wildman–Crippen LogP) is 0.581. The summed E-state index contributed by atoms with van der Waals surface area (Å²) in [6.45, 7) is 0. The van der Waals surface area contributed by atoms with E-state index in [1.165, 1.54) is 32.4 Å². The standard InChI is InChI=1S/C10H11NO4/c1-14-8-4-3-6(9(11)12)5-7(8)10(13)15-2/h3-5H,1-2H3,(H2,11,12). The molecule has 1 rings (SSSR count). The quantitative estimate of drug-likeness (QED) is 0.738. The first-order valence-electron chi connectivity index (χ1n) is 4.16. The van der Waals surface area contributed by atoms with Crippen molar-refractivity contribution in [3.8, 4) is 5.75 Å². The molecule has 0 radical (unpaired) electrons. The number of hydrogen-bond donors (Lipinski definition) is 1. The zero-order valence-corrected chi connectivity index (χ0v) is 8.44. The number of esters is 1. The van der Waals surface area contributed by atoms with Gasteiger partial charge in [0.15, 0.2) is 0 Å². The van der Waals surface area contributed by atoms with Crippen molar-refractivity contribution >= 4 is 11.9 Å². The van der Waals surface area contributed by atoms with E-state index in [9.17, 15) is 9.59 Å². The zero-order valence-electron chi connectivity index (χ0n) is 8.44. The second kappa shape index (κ2) is 4.45. The number of amides is 1. The van der Waals surface area contributed by atoms with Crippen LogP contribution in [0.5, 0.6) is 5.75 Å². The Bertz CT molecular complexity index is 400. The Morgan fingerprint density at radius 1 is 1.27 bits per heavy atom. The zero-order chi connectivity index (χ0) is 11.4. The summed E-state index contributed by atoms with van der Waals surface area (Å²) in [4.78, 5) is 22.2. The molecule has 0 bridgehead atoms. The molecule has 0 aromatic heterocycles. The minimum atomic E-state index is -0.609. The van der Waals surface area contributed by atoms with E-state index in [0.29, 0.717) is 5.75 Å². The van der Waals surface area contributed by atoms with E-state index in [1.807, 2.05) is 0 Å². The summed E-state index contributed by atoms with van der Waals surface area (Å²) >= 11 is 0. The molecule has 1 aromatic rings. The van der Waals surface area contributed by atoms with Gasteiger partial charge in [-0.25, -0.2) is 4.79 Å². The van der Waals surface area contributed by atoms with Crippen LogP contribution in [0.3, 0.4) is 0 Å². The number of primary amides is 1. The average Bonchev–Trinajstić information content (AvgIpc) is 2.27. The molecule has 0 fully saturated rings.